The van der Waals surface area contributed by atoms with Gasteiger partial charge in [-0.05, 0) is 37.1 Å². The molecule has 0 spiro atoms. The number of hydrogen-bond acceptors (Lipinski definition) is 4. The van der Waals surface area contributed by atoms with Crippen molar-refractivity contribution in [3.63, 3.8) is 0 Å². The molecule has 2 N–H and O–H groups in total. The zero-order chi connectivity index (χ0) is 20.1. The van der Waals surface area contributed by atoms with E-state index in [9.17, 15) is 17.6 Å². The van der Waals surface area contributed by atoms with E-state index in [0.29, 0.717) is 30.9 Å². The Kier molecular flexibility index (Phi) is 6.03. The number of ether oxygens (including phenoxy) is 1. The molecular weight excluding hydrogens is 385 g/mol. The highest BCUT2D eigenvalue weighted by atomic mass is 32.2. The third kappa shape index (κ3) is 4.53. The molecule has 0 aromatic heterocycles. The van der Waals surface area contributed by atoms with Crippen LogP contribution in [0.5, 0.6) is 5.75 Å². The molecule has 2 amide bonds. The molecule has 0 fully saturated rings. The average Bonchev–Trinajstić information content (AvgIpc) is 3.09. The monoisotopic (exact) mass is 407 g/mol. The van der Waals surface area contributed by atoms with Gasteiger partial charge in [0, 0.05) is 19.2 Å². The topological polar surface area (TPSA) is 87.7 Å². The number of amides is 2. The number of halogens is 1. The predicted molar refractivity (Wildman–Crippen MR) is 106 cm³/mol. The molecule has 1 aliphatic rings. The average molecular weight is 407 g/mol. The largest absolute Gasteiger partial charge is 0.492 e. The van der Waals surface area contributed by atoms with Gasteiger partial charge in [-0.3, -0.25) is 4.31 Å². The minimum atomic E-state index is -3.55. The van der Waals surface area contributed by atoms with Crippen molar-refractivity contribution in [1.82, 2.24) is 5.32 Å². The van der Waals surface area contributed by atoms with Gasteiger partial charge in [0.1, 0.15) is 11.6 Å². The molecule has 1 aliphatic heterocycles. The summed E-state index contributed by atoms with van der Waals surface area (Å²) in [5, 5.41) is 5.06. The fraction of sp³-hybridized carbons (Fsp3) is 0.316. The molecule has 1 heterocycles. The van der Waals surface area contributed by atoms with Crippen LogP contribution in [0.25, 0.3) is 0 Å². The molecule has 2 aromatic carbocycles. The summed E-state index contributed by atoms with van der Waals surface area (Å²) in [4.78, 5) is 12.1. The van der Waals surface area contributed by atoms with E-state index in [1.165, 1.54) is 22.5 Å². The fourth-order valence-electron chi connectivity index (χ4n) is 3.04. The first-order valence-electron chi connectivity index (χ1n) is 8.96. The third-order valence-electron chi connectivity index (χ3n) is 4.32. The number of nitrogens with zero attached hydrogens (tertiary/aromatic N) is 1. The summed E-state index contributed by atoms with van der Waals surface area (Å²) < 4.78 is 45.2. The molecule has 150 valence electrons. The van der Waals surface area contributed by atoms with Crippen molar-refractivity contribution < 1.29 is 22.3 Å². The van der Waals surface area contributed by atoms with Gasteiger partial charge in [-0.2, -0.15) is 0 Å². The van der Waals surface area contributed by atoms with Crippen LogP contribution < -0.4 is 19.7 Å². The summed E-state index contributed by atoms with van der Waals surface area (Å²) in [5.41, 5.74) is 1.99. The van der Waals surface area contributed by atoms with E-state index in [4.69, 9.17) is 4.74 Å². The third-order valence-corrected chi connectivity index (χ3v) is 6.09. The van der Waals surface area contributed by atoms with E-state index in [2.05, 4.69) is 10.6 Å². The summed E-state index contributed by atoms with van der Waals surface area (Å²) in [5.74, 6) is -0.499. The lowest BCUT2D eigenvalue weighted by atomic mass is 10.2. The van der Waals surface area contributed by atoms with Crippen LogP contribution >= 0.6 is 0 Å². The number of fused-ring (bicyclic) bond motifs is 1. The van der Waals surface area contributed by atoms with Gasteiger partial charge in [-0.15, -0.1) is 0 Å². The molecule has 0 radical (unpaired) electrons. The SMILES string of the molecule is CCOc1cc(F)ccc1NC(=O)NCCS(=O)(=O)N1CCc2ccccc21. The first-order chi connectivity index (χ1) is 13.4. The highest BCUT2D eigenvalue weighted by Gasteiger charge is 2.28. The number of rotatable bonds is 7. The van der Waals surface area contributed by atoms with Crippen molar-refractivity contribution in [3.8, 4) is 5.75 Å². The number of nitrogens with one attached hydrogen (secondary N) is 2. The van der Waals surface area contributed by atoms with Crippen molar-refractivity contribution in [3.05, 3.63) is 53.8 Å². The second-order valence-electron chi connectivity index (χ2n) is 6.22. The molecule has 2 aromatic rings. The van der Waals surface area contributed by atoms with Gasteiger partial charge < -0.3 is 15.4 Å². The maximum Gasteiger partial charge on any atom is 0.319 e. The van der Waals surface area contributed by atoms with E-state index in [0.717, 1.165) is 5.56 Å². The number of hydrogen-bond donors (Lipinski definition) is 2. The van der Waals surface area contributed by atoms with E-state index in [1.54, 1.807) is 19.1 Å². The van der Waals surface area contributed by atoms with Crippen molar-refractivity contribution >= 4 is 27.4 Å². The molecular formula is C19H22FN3O4S. The second kappa shape index (κ2) is 8.47. The van der Waals surface area contributed by atoms with Crippen molar-refractivity contribution in [2.24, 2.45) is 0 Å². The maximum absolute atomic E-state index is 13.3. The van der Waals surface area contributed by atoms with Crippen LogP contribution in [0.4, 0.5) is 20.6 Å². The van der Waals surface area contributed by atoms with Crippen LogP contribution in [0.15, 0.2) is 42.5 Å². The Balaban J connectivity index is 1.56. The number of urea groups is 1. The summed E-state index contributed by atoms with van der Waals surface area (Å²) in [6.45, 7) is 2.41. The number of sulfonamides is 1. The quantitative estimate of drug-likeness (QED) is 0.739. The van der Waals surface area contributed by atoms with Crippen LogP contribution in [-0.4, -0.2) is 39.9 Å². The number of carbonyl (C=O) groups excluding carboxylic acids is 1. The Morgan fingerprint density at radius 1 is 1.25 bits per heavy atom. The first-order valence-corrected chi connectivity index (χ1v) is 10.6. The summed E-state index contributed by atoms with van der Waals surface area (Å²) >= 11 is 0. The van der Waals surface area contributed by atoms with Crippen LogP contribution in [0, 0.1) is 5.82 Å². The molecule has 9 heteroatoms. The zero-order valence-corrected chi connectivity index (χ0v) is 16.3. The molecule has 0 unspecified atom stereocenters. The van der Waals surface area contributed by atoms with E-state index in [-0.39, 0.29) is 18.0 Å². The normalized spacial score (nSPS) is 13.1. The Labute approximate surface area is 163 Å². The van der Waals surface area contributed by atoms with Gasteiger partial charge >= 0.3 is 6.03 Å². The van der Waals surface area contributed by atoms with Crippen LogP contribution in [0.2, 0.25) is 0 Å². The van der Waals surface area contributed by atoms with Crippen LogP contribution in [0.1, 0.15) is 12.5 Å². The molecule has 0 bridgehead atoms. The summed E-state index contributed by atoms with van der Waals surface area (Å²) in [7, 11) is -3.55. The lowest BCUT2D eigenvalue weighted by Crippen LogP contribution is -2.38. The van der Waals surface area contributed by atoms with Crippen LogP contribution in [0.3, 0.4) is 0 Å². The fourth-order valence-corrected chi connectivity index (χ4v) is 4.47. The van der Waals surface area contributed by atoms with Gasteiger partial charge in [0.25, 0.3) is 0 Å². The number of para-hydroxylation sites is 1. The lowest BCUT2D eigenvalue weighted by Gasteiger charge is -2.19. The molecule has 7 nitrogen and oxygen atoms in total. The highest BCUT2D eigenvalue weighted by molar-refractivity contribution is 7.92. The maximum atomic E-state index is 13.3. The number of benzene rings is 2. The smallest absolute Gasteiger partial charge is 0.319 e. The van der Waals surface area contributed by atoms with Gasteiger partial charge in [-0.1, -0.05) is 18.2 Å². The van der Waals surface area contributed by atoms with Crippen LogP contribution in [-0.2, 0) is 16.4 Å². The molecule has 0 saturated carbocycles. The van der Waals surface area contributed by atoms with Crippen molar-refractivity contribution in [1.29, 1.82) is 0 Å². The number of anilines is 2. The van der Waals surface area contributed by atoms with Crippen molar-refractivity contribution in [2.45, 2.75) is 13.3 Å². The molecule has 0 atom stereocenters. The highest BCUT2D eigenvalue weighted by Crippen LogP contribution is 2.30. The number of carbonyl (C=O) groups is 1. The van der Waals surface area contributed by atoms with Crippen molar-refractivity contribution in [2.75, 3.05) is 35.1 Å². The van der Waals surface area contributed by atoms with Gasteiger partial charge in [0.15, 0.2) is 0 Å². The Bertz CT molecular complexity index is 965. The Hall–Kier alpha value is -2.81. The minimum absolute atomic E-state index is 0.0575. The molecule has 0 saturated heterocycles. The van der Waals surface area contributed by atoms with Gasteiger partial charge in [-0.25, -0.2) is 17.6 Å². The lowest BCUT2D eigenvalue weighted by molar-refractivity contribution is 0.252. The second-order valence-corrected chi connectivity index (χ2v) is 8.23. The molecule has 3 rings (SSSR count). The molecule has 0 aliphatic carbocycles. The Morgan fingerprint density at radius 3 is 2.82 bits per heavy atom. The summed E-state index contributed by atoms with van der Waals surface area (Å²) in [6, 6.07) is 10.5. The molecule has 28 heavy (non-hydrogen) atoms. The predicted octanol–water partition coefficient (Wildman–Crippen LogP) is 2.74. The minimum Gasteiger partial charge on any atom is -0.492 e. The van der Waals surface area contributed by atoms with Gasteiger partial charge in [0.05, 0.1) is 23.7 Å². The first kappa shape index (κ1) is 19.9. The van der Waals surface area contributed by atoms with E-state index < -0.39 is 21.9 Å². The summed E-state index contributed by atoms with van der Waals surface area (Å²) in [6.07, 6.45) is 0.675. The van der Waals surface area contributed by atoms with Gasteiger partial charge in [0.2, 0.25) is 10.0 Å². The Morgan fingerprint density at radius 2 is 2.04 bits per heavy atom. The van der Waals surface area contributed by atoms with E-state index >= 15 is 0 Å². The standard InChI is InChI=1S/C19H22FN3O4S/c1-2-27-18-13-15(20)7-8-16(18)22-19(24)21-10-12-28(25,26)23-11-9-14-5-3-4-6-17(14)23/h3-8,13H,2,9-12H2,1H3,(H2,21,22,24). The van der Waals surface area contributed by atoms with E-state index in [1.807, 2.05) is 12.1 Å². The zero-order valence-electron chi connectivity index (χ0n) is 15.4.